The summed E-state index contributed by atoms with van der Waals surface area (Å²) in [5, 5.41) is 22.8. The van der Waals surface area contributed by atoms with Gasteiger partial charge in [0.25, 0.3) is 0 Å². The number of allylic oxidation sites excluding steroid dienone is 1. The van der Waals surface area contributed by atoms with Gasteiger partial charge in [0.2, 0.25) is 5.91 Å². The average molecular weight is 186 g/mol. The van der Waals surface area contributed by atoms with E-state index >= 15 is 0 Å². The van der Waals surface area contributed by atoms with E-state index in [4.69, 9.17) is 10.2 Å². The third-order valence-electron chi connectivity index (χ3n) is 1.17. The number of amides is 1. The van der Waals surface area contributed by atoms with Crippen molar-refractivity contribution in [3.8, 4) is 0 Å². The van der Waals surface area contributed by atoms with Gasteiger partial charge in [0.15, 0.2) is 12.5 Å². The number of aliphatic hydroxyl groups excluding tert-OH is 2. The minimum Gasteiger partial charge on any atom is -0.369 e. The fourth-order valence-corrected chi connectivity index (χ4v) is 0.615. The summed E-state index contributed by atoms with van der Waals surface area (Å²) >= 11 is 0. The zero-order valence-corrected chi connectivity index (χ0v) is 7.45. The maximum Gasteiger partial charge on any atom is 0.245 e. The fourth-order valence-electron chi connectivity index (χ4n) is 0.615. The quantitative estimate of drug-likeness (QED) is 0.329. The Morgan fingerprint density at radius 2 is 1.85 bits per heavy atom. The molecule has 2 unspecified atom stereocenters. The summed E-state index contributed by atoms with van der Waals surface area (Å²) in [6.45, 7) is 8.27. The van der Waals surface area contributed by atoms with Gasteiger partial charge in [-0.05, 0) is 13.0 Å². The maximum absolute atomic E-state index is 10.7. The Balaban J connectivity index is 3.95. The van der Waals surface area contributed by atoms with Crippen LogP contribution in [0.3, 0.4) is 0 Å². The summed E-state index contributed by atoms with van der Waals surface area (Å²) in [7, 11) is 0. The highest BCUT2D eigenvalue weighted by atomic mass is 16.4. The molecule has 0 saturated carbocycles. The smallest absolute Gasteiger partial charge is 0.245 e. The first-order chi connectivity index (χ1) is 5.97. The first-order valence-electron chi connectivity index (χ1n) is 3.68. The summed E-state index contributed by atoms with van der Waals surface area (Å²) in [6.07, 6.45) is -1.67. The summed E-state index contributed by atoms with van der Waals surface area (Å²) in [6, 6.07) is 0. The highest BCUT2D eigenvalue weighted by Gasteiger charge is 2.16. The van der Waals surface area contributed by atoms with E-state index < -0.39 is 18.4 Å². The van der Waals surface area contributed by atoms with E-state index in [1.807, 2.05) is 0 Å². The van der Waals surface area contributed by atoms with Crippen LogP contribution in [-0.2, 0) is 4.79 Å². The molecule has 5 nitrogen and oxygen atoms in total. The highest BCUT2D eigenvalue weighted by molar-refractivity contribution is 5.86. The molecule has 0 rings (SSSR count). The number of nitrogens with one attached hydrogen (secondary N) is 2. The summed E-state index contributed by atoms with van der Waals surface area (Å²) in [4.78, 5) is 10.7. The minimum atomic E-state index is -1.39. The molecule has 0 spiro atoms. The Morgan fingerprint density at radius 1 is 1.38 bits per heavy atom. The van der Waals surface area contributed by atoms with E-state index in [0.29, 0.717) is 5.70 Å². The second-order valence-electron chi connectivity index (χ2n) is 2.53. The predicted molar refractivity (Wildman–Crippen MR) is 48.3 cm³/mol. The van der Waals surface area contributed by atoms with Gasteiger partial charge in [-0.15, -0.1) is 0 Å². The van der Waals surface area contributed by atoms with Gasteiger partial charge >= 0.3 is 0 Å². The molecule has 0 aliphatic carbocycles. The molecule has 1 amide bonds. The van der Waals surface area contributed by atoms with Crippen LogP contribution < -0.4 is 10.6 Å². The van der Waals surface area contributed by atoms with Crippen LogP contribution in [0.15, 0.2) is 24.9 Å². The van der Waals surface area contributed by atoms with Crippen LogP contribution in [0.5, 0.6) is 0 Å². The summed E-state index contributed by atoms with van der Waals surface area (Å²) in [5.41, 5.74) is 0.486. The van der Waals surface area contributed by atoms with Gasteiger partial charge < -0.3 is 20.8 Å². The number of hydrogen-bond donors (Lipinski definition) is 4. The third kappa shape index (κ3) is 5.00. The molecule has 4 N–H and O–H groups in total. The van der Waals surface area contributed by atoms with Crippen LogP contribution in [0.25, 0.3) is 0 Å². The van der Waals surface area contributed by atoms with Crippen LogP contribution in [-0.4, -0.2) is 28.6 Å². The Morgan fingerprint density at radius 3 is 2.23 bits per heavy atom. The van der Waals surface area contributed by atoms with Crippen LogP contribution in [0, 0.1) is 0 Å². The van der Waals surface area contributed by atoms with Gasteiger partial charge in [0.05, 0.1) is 0 Å². The molecular formula is C8H14N2O3. The van der Waals surface area contributed by atoms with Gasteiger partial charge in [0.1, 0.15) is 0 Å². The lowest BCUT2D eigenvalue weighted by atomic mass is 10.4. The van der Waals surface area contributed by atoms with Crippen LogP contribution >= 0.6 is 0 Å². The Hall–Kier alpha value is -1.33. The summed E-state index contributed by atoms with van der Waals surface area (Å²) < 4.78 is 0. The summed E-state index contributed by atoms with van der Waals surface area (Å²) in [5.74, 6) is -0.560. The van der Waals surface area contributed by atoms with Crippen LogP contribution in [0.2, 0.25) is 0 Å². The number of carbonyl (C=O) groups excluding carboxylic acids is 1. The van der Waals surface area contributed by atoms with Crippen molar-refractivity contribution in [2.24, 2.45) is 0 Å². The monoisotopic (exact) mass is 186 g/mol. The lowest BCUT2D eigenvalue weighted by Gasteiger charge is -2.20. The minimum absolute atomic E-state index is 0.486. The SMILES string of the molecule is C=CC(=O)NC(O)C(O)NC(=C)C. The first-order valence-corrected chi connectivity index (χ1v) is 3.68. The van der Waals surface area contributed by atoms with E-state index in [-0.39, 0.29) is 0 Å². The Kier molecular flexibility index (Phi) is 4.79. The van der Waals surface area contributed by atoms with Crippen molar-refractivity contribution < 1.29 is 15.0 Å². The molecular weight excluding hydrogens is 172 g/mol. The number of hydrogen-bond acceptors (Lipinski definition) is 4. The van der Waals surface area contributed by atoms with Gasteiger partial charge in [-0.2, -0.15) is 0 Å². The second-order valence-corrected chi connectivity index (χ2v) is 2.53. The lowest BCUT2D eigenvalue weighted by molar-refractivity contribution is -0.122. The van der Waals surface area contributed by atoms with Gasteiger partial charge in [-0.1, -0.05) is 13.2 Å². The molecule has 0 aromatic carbocycles. The molecule has 0 radical (unpaired) electrons. The van der Waals surface area contributed by atoms with Crippen molar-refractivity contribution in [1.82, 2.24) is 10.6 Å². The molecule has 0 fully saturated rings. The third-order valence-corrected chi connectivity index (χ3v) is 1.17. The van der Waals surface area contributed by atoms with Crippen LogP contribution in [0.1, 0.15) is 6.92 Å². The molecule has 74 valence electrons. The first kappa shape index (κ1) is 11.7. The fraction of sp³-hybridized carbons (Fsp3) is 0.375. The topological polar surface area (TPSA) is 81.6 Å². The second kappa shape index (κ2) is 5.34. The van der Waals surface area contributed by atoms with Crippen molar-refractivity contribution in [3.05, 3.63) is 24.9 Å². The van der Waals surface area contributed by atoms with E-state index in [1.165, 1.54) is 0 Å². The largest absolute Gasteiger partial charge is 0.369 e. The normalized spacial score (nSPS) is 14.1. The number of aliphatic hydroxyl groups is 2. The van der Waals surface area contributed by atoms with E-state index in [9.17, 15) is 4.79 Å². The molecule has 0 aliphatic heterocycles. The van der Waals surface area contributed by atoms with Crippen molar-refractivity contribution in [3.63, 3.8) is 0 Å². The van der Waals surface area contributed by atoms with Gasteiger partial charge in [-0.25, -0.2) is 0 Å². The van der Waals surface area contributed by atoms with E-state index in [2.05, 4.69) is 23.8 Å². The van der Waals surface area contributed by atoms with Crippen LogP contribution in [0.4, 0.5) is 0 Å². The van der Waals surface area contributed by atoms with Crippen molar-refractivity contribution >= 4 is 5.91 Å². The predicted octanol–water partition coefficient (Wildman–Crippen LogP) is -0.951. The molecule has 0 saturated heterocycles. The molecule has 0 bridgehead atoms. The maximum atomic E-state index is 10.7. The van der Waals surface area contributed by atoms with Crippen molar-refractivity contribution in [2.75, 3.05) is 0 Å². The molecule has 0 aromatic heterocycles. The van der Waals surface area contributed by atoms with E-state index in [0.717, 1.165) is 6.08 Å². The molecule has 0 aliphatic rings. The zero-order valence-electron chi connectivity index (χ0n) is 7.45. The molecule has 13 heavy (non-hydrogen) atoms. The van der Waals surface area contributed by atoms with E-state index in [1.54, 1.807) is 6.92 Å². The number of carbonyl (C=O) groups is 1. The van der Waals surface area contributed by atoms with Crippen molar-refractivity contribution in [1.29, 1.82) is 0 Å². The Bertz CT molecular complexity index is 215. The molecule has 5 heteroatoms. The van der Waals surface area contributed by atoms with Crippen molar-refractivity contribution in [2.45, 2.75) is 19.4 Å². The zero-order chi connectivity index (χ0) is 10.4. The standard InChI is InChI=1S/C8H14N2O3/c1-4-6(11)10-8(13)7(12)9-5(2)3/h4,7-9,12-13H,1-2H2,3H3,(H,10,11). The Labute approximate surface area is 76.8 Å². The molecule has 2 atom stereocenters. The number of rotatable bonds is 5. The van der Waals surface area contributed by atoms with Gasteiger partial charge in [-0.3, -0.25) is 4.79 Å². The van der Waals surface area contributed by atoms with Gasteiger partial charge in [0, 0.05) is 5.70 Å². The molecule has 0 heterocycles. The molecule has 0 aromatic rings. The lowest BCUT2D eigenvalue weighted by Crippen LogP contribution is -2.48. The highest BCUT2D eigenvalue weighted by Crippen LogP contribution is 1.89. The average Bonchev–Trinajstić information content (AvgIpc) is 2.02.